The molecule has 0 unspecified atom stereocenters. The summed E-state index contributed by atoms with van der Waals surface area (Å²) in [5, 5.41) is 3.37. The molecule has 0 saturated carbocycles. The molecule has 0 bridgehead atoms. The molecule has 2 fully saturated rings. The van der Waals surface area contributed by atoms with Crippen molar-refractivity contribution in [1.82, 2.24) is 14.5 Å². The Balaban J connectivity index is 0.00000320. The summed E-state index contributed by atoms with van der Waals surface area (Å²) < 4.78 is 32.6. The van der Waals surface area contributed by atoms with Crippen molar-refractivity contribution in [3.8, 4) is 0 Å². The Labute approximate surface area is 198 Å². The van der Waals surface area contributed by atoms with Crippen molar-refractivity contribution in [1.29, 1.82) is 0 Å². The second kappa shape index (κ2) is 12.2. The predicted octanol–water partition coefficient (Wildman–Crippen LogP) is 3.06. The molecule has 0 aromatic heterocycles. The number of benzene rings is 1. The Morgan fingerprint density at radius 2 is 1.73 bits per heavy atom. The average Bonchev–Trinajstić information content (AvgIpc) is 3.28. The molecule has 2 heterocycles. The molecule has 2 saturated heterocycles. The molecule has 9 heteroatoms. The van der Waals surface area contributed by atoms with Gasteiger partial charge in [-0.05, 0) is 57.2 Å². The van der Waals surface area contributed by atoms with E-state index in [1.54, 1.807) is 16.4 Å². The van der Waals surface area contributed by atoms with Gasteiger partial charge in [0.2, 0.25) is 10.0 Å². The lowest BCUT2D eigenvalue weighted by Gasteiger charge is -2.34. The van der Waals surface area contributed by atoms with E-state index < -0.39 is 10.0 Å². The predicted molar refractivity (Wildman–Crippen MR) is 131 cm³/mol. The third-order valence-corrected chi connectivity index (χ3v) is 7.43. The van der Waals surface area contributed by atoms with Gasteiger partial charge in [0.15, 0.2) is 5.96 Å². The Kier molecular flexibility index (Phi) is 10.3. The number of rotatable bonds is 7. The minimum absolute atomic E-state index is 0. The monoisotopic (exact) mass is 550 g/mol. The van der Waals surface area contributed by atoms with E-state index in [2.05, 4.69) is 17.1 Å². The van der Waals surface area contributed by atoms with Crippen LogP contribution < -0.4 is 5.32 Å². The van der Waals surface area contributed by atoms with Crippen LogP contribution in [0.15, 0.2) is 34.2 Å². The first-order valence-corrected chi connectivity index (χ1v) is 12.2. The van der Waals surface area contributed by atoms with Crippen LogP contribution in [0, 0.1) is 0 Å². The van der Waals surface area contributed by atoms with Crippen LogP contribution in [0.3, 0.4) is 0 Å². The summed E-state index contributed by atoms with van der Waals surface area (Å²) in [6, 6.07) is 7.16. The zero-order chi connectivity index (χ0) is 20.7. The lowest BCUT2D eigenvalue weighted by atomic mass is 10.1. The van der Waals surface area contributed by atoms with Crippen molar-refractivity contribution in [3.05, 3.63) is 29.8 Å². The highest BCUT2D eigenvalue weighted by atomic mass is 127. The minimum Gasteiger partial charge on any atom is -0.378 e. The molecule has 7 nitrogen and oxygen atoms in total. The van der Waals surface area contributed by atoms with Gasteiger partial charge in [-0.25, -0.2) is 13.4 Å². The Morgan fingerprint density at radius 3 is 2.30 bits per heavy atom. The van der Waals surface area contributed by atoms with E-state index in [0.29, 0.717) is 30.6 Å². The van der Waals surface area contributed by atoms with Crippen LogP contribution in [0.5, 0.6) is 0 Å². The summed E-state index contributed by atoms with van der Waals surface area (Å²) in [6.45, 7) is 9.34. The van der Waals surface area contributed by atoms with Gasteiger partial charge in [-0.3, -0.25) is 0 Å². The Bertz CT molecular complexity index is 772. The van der Waals surface area contributed by atoms with Gasteiger partial charge in [-0.1, -0.05) is 12.1 Å². The smallest absolute Gasteiger partial charge is 0.243 e. The summed E-state index contributed by atoms with van der Waals surface area (Å²) >= 11 is 0. The molecule has 1 N–H and O–H groups in total. The third-order valence-electron chi connectivity index (χ3n) is 5.52. The lowest BCUT2D eigenvalue weighted by molar-refractivity contribution is 0.0263. The maximum Gasteiger partial charge on any atom is 0.243 e. The number of nitrogens with one attached hydrogen (secondary N) is 1. The van der Waals surface area contributed by atoms with Gasteiger partial charge < -0.3 is 15.0 Å². The molecule has 0 aliphatic carbocycles. The number of hydrogen-bond acceptors (Lipinski definition) is 4. The van der Waals surface area contributed by atoms with Crippen molar-refractivity contribution in [2.24, 2.45) is 4.99 Å². The van der Waals surface area contributed by atoms with E-state index in [4.69, 9.17) is 9.73 Å². The number of piperidine rings is 1. The van der Waals surface area contributed by atoms with E-state index in [9.17, 15) is 8.42 Å². The number of sulfonamides is 1. The summed E-state index contributed by atoms with van der Waals surface area (Å²) in [5.74, 6) is 0.913. The van der Waals surface area contributed by atoms with Crippen LogP contribution in [-0.2, 0) is 21.3 Å². The molecular formula is C21H35IN4O3S. The van der Waals surface area contributed by atoms with Crippen molar-refractivity contribution < 1.29 is 13.2 Å². The van der Waals surface area contributed by atoms with E-state index in [1.807, 2.05) is 19.1 Å². The Morgan fingerprint density at radius 1 is 1.10 bits per heavy atom. The zero-order valence-electron chi connectivity index (χ0n) is 18.0. The Hall–Kier alpha value is -0.910. The van der Waals surface area contributed by atoms with E-state index in [0.717, 1.165) is 63.4 Å². The first-order chi connectivity index (χ1) is 14.0. The fourth-order valence-corrected chi connectivity index (χ4v) is 5.42. The van der Waals surface area contributed by atoms with Gasteiger partial charge in [0.05, 0.1) is 17.5 Å². The largest absolute Gasteiger partial charge is 0.378 e. The number of aliphatic imine (C=N–C) groups is 1. The second-order valence-electron chi connectivity index (χ2n) is 7.57. The molecule has 0 spiro atoms. The van der Waals surface area contributed by atoms with Crippen LogP contribution >= 0.6 is 24.0 Å². The van der Waals surface area contributed by atoms with Crippen LogP contribution in [0.2, 0.25) is 0 Å². The van der Waals surface area contributed by atoms with Crippen molar-refractivity contribution in [3.63, 3.8) is 0 Å². The molecule has 2 aliphatic rings. The van der Waals surface area contributed by atoms with E-state index in [-0.39, 0.29) is 24.0 Å². The minimum atomic E-state index is -3.36. The van der Waals surface area contributed by atoms with Gasteiger partial charge in [0.1, 0.15) is 0 Å². The fourth-order valence-electron chi connectivity index (χ4n) is 3.91. The number of ether oxygens (including phenoxy) is 1. The van der Waals surface area contributed by atoms with Gasteiger partial charge >= 0.3 is 0 Å². The molecule has 170 valence electrons. The van der Waals surface area contributed by atoms with Crippen LogP contribution in [-0.4, -0.2) is 69.0 Å². The van der Waals surface area contributed by atoms with Crippen molar-refractivity contribution >= 4 is 40.0 Å². The number of hydrogen-bond donors (Lipinski definition) is 1. The molecule has 0 atom stereocenters. The topological polar surface area (TPSA) is 74.2 Å². The quantitative estimate of drug-likeness (QED) is 0.321. The van der Waals surface area contributed by atoms with Gasteiger partial charge in [-0.15, -0.1) is 24.0 Å². The molecule has 3 rings (SSSR count). The zero-order valence-corrected chi connectivity index (χ0v) is 21.2. The van der Waals surface area contributed by atoms with Crippen molar-refractivity contribution in [2.45, 2.75) is 57.1 Å². The molecule has 0 amide bonds. The standard InChI is InChI=1S/C21H34N4O3S.HI/c1-3-22-21(24-15-11-19(12-16-24)28-4-2)23-17-18-7-9-20(10-8-18)29(26,27)25-13-5-6-14-25;/h7-10,19H,3-6,11-17H2,1-2H3,(H,22,23);1H. The van der Waals surface area contributed by atoms with Gasteiger partial charge in [-0.2, -0.15) is 4.31 Å². The summed E-state index contributed by atoms with van der Waals surface area (Å²) in [4.78, 5) is 7.43. The number of guanidine groups is 1. The highest BCUT2D eigenvalue weighted by molar-refractivity contribution is 14.0. The first kappa shape index (κ1) is 25.4. The summed E-state index contributed by atoms with van der Waals surface area (Å²) in [7, 11) is -3.36. The van der Waals surface area contributed by atoms with Gasteiger partial charge in [0, 0.05) is 39.3 Å². The molecular weight excluding hydrogens is 515 g/mol. The normalized spacial score (nSPS) is 19.0. The lowest BCUT2D eigenvalue weighted by Crippen LogP contribution is -2.47. The summed E-state index contributed by atoms with van der Waals surface area (Å²) in [5.41, 5.74) is 1.00. The van der Waals surface area contributed by atoms with E-state index >= 15 is 0 Å². The highest BCUT2D eigenvalue weighted by Gasteiger charge is 2.27. The number of nitrogens with zero attached hydrogens (tertiary/aromatic N) is 3. The maximum atomic E-state index is 12.6. The first-order valence-electron chi connectivity index (χ1n) is 10.8. The van der Waals surface area contributed by atoms with Gasteiger partial charge in [0.25, 0.3) is 0 Å². The molecule has 0 radical (unpaired) electrons. The number of likely N-dealkylation sites (tertiary alicyclic amines) is 1. The van der Waals surface area contributed by atoms with Crippen LogP contribution in [0.25, 0.3) is 0 Å². The van der Waals surface area contributed by atoms with Crippen LogP contribution in [0.1, 0.15) is 45.1 Å². The SMILES string of the molecule is CCNC(=NCc1ccc(S(=O)(=O)N2CCCC2)cc1)N1CCC(OCC)CC1.I. The van der Waals surface area contributed by atoms with E-state index in [1.165, 1.54) is 0 Å². The molecule has 30 heavy (non-hydrogen) atoms. The second-order valence-corrected chi connectivity index (χ2v) is 9.50. The highest BCUT2D eigenvalue weighted by Crippen LogP contribution is 2.21. The average molecular weight is 551 g/mol. The summed E-state index contributed by atoms with van der Waals surface area (Å²) in [6.07, 6.45) is 4.27. The maximum absolute atomic E-state index is 12.6. The number of halogens is 1. The molecule has 1 aromatic rings. The van der Waals surface area contributed by atoms with Crippen molar-refractivity contribution in [2.75, 3.05) is 39.3 Å². The molecule has 2 aliphatic heterocycles. The fraction of sp³-hybridized carbons (Fsp3) is 0.667. The third kappa shape index (κ3) is 6.54. The molecule has 1 aromatic carbocycles. The van der Waals surface area contributed by atoms with Crippen LogP contribution in [0.4, 0.5) is 0 Å².